The quantitative estimate of drug-likeness (QED) is 0.422. The molecular weight excluding hydrogens is 276 g/mol. The van der Waals surface area contributed by atoms with E-state index in [4.69, 9.17) is 11.6 Å². The lowest BCUT2D eigenvalue weighted by molar-refractivity contribution is -0.108. The van der Waals surface area contributed by atoms with Gasteiger partial charge in [0.15, 0.2) is 0 Å². The third kappa shape index (κ3) is 2.00. The van der Waals surface area contributed by atoms with Gasteiger partial charge in [0.25, 0.3) is 11.0 Å². The van der Waals surface area contributed by atoms with Gasteiger partial charge in [-0.15, -0.1) is 0 Å². The highest BCUT2D eigenvalue weighted by atomic mass is 35.5. The van der Waals surface area contributed by atoms with E-state index in [9.17, 15) is 9.59 Å². The number of pyridine rings is 2. The van der Waals surface area contributed by atoms with E-state index in [1.807, 2.05) is 24.3 Å². The number of Topliss-reactive ketones (excluding diaryl/α,β-unsaturated/α-hetero) is 1. The Hall–Kier alpha value is -2.46. The van der Waals surface area contributed by atoms with Gasteiger partial charge in [-0.3, -0.25) is 14.6 Å². The van der Waals surface area contributed by atoms with Gasteiger partial charge in [0.05, 0.1) is 0 Å². The van der Waals surface area contributed by atoms with Crippen LogP contribution in [-0.4, -0.2) is 20.4 Å². The van der Waals surface area contributed by atoms with Crippen molar-refractivity contribution >= 4 is 28.1 Å². The molecule has 0 unspecified atom stereocenters. The van der Waals surface area contributed by atoms with Crippen molar-refractivity contribution in [3.05, 3.63) is 60.7 Å². The zero-order chi connectivity index (χ0) is 14.1. The van der Waals surface area contributed by atoms with Crippen molar-refractivity contribution < 1.29 is 9.59 Å². The topological polar surface area (TPSA) is 51.4 Å². The van der Waals surface area contributed by atoms with E-state index in [0.29, 0.717) is 5.56 Å². The molecule has 98 valence electrons. The van der Waals surface area contributed by atoms with Crippen molar-refractivity contribution in [3.8, 4) is 11.1 Å². The van der Waals surface area contributed by atoms with Gasteiger partial charge in [-0.25, -0.2) is 0 Å². The van der Waals surface area contributed by atoms with Crippen LogP contribution in [-0.2, 0) is 4.79 Å². The first-order valence-electron chi connectivity index (χ1n) is 5.93. The van der Waals surface area contributed by atoms with Crippen molar-refractivity contribution in [2.45, 2.75) is 0 Å². The Morgan fingerprint density at radius 1 is 1.15 bits per heavy atom. The van der Waals surface area contributed by atoms with Crippen molar-refractivity contribution in [3.63, 3.8) is 0 Å². The number of hydrogen-bond donors (Lipinski definition) is 0. The highest BCUT2D eigenvalue weighted by molar-refractivity contribution is 6.83. The summed E-state index contributed by atoms with van der Waals surface area (Å²) in [7, 11) is 0. The minimum Gasteiger partial charge on any atom is -0.313 e. The lowest BCUT2D eigenvalue weighted by Gasteiger charge is -2.03. The molecule has 0 saturated carbocycles. The van der Waals surface area contributed by atoms with Crippen LogP contribution in [0.15, 0.2) is 55.0 Å². The molecule has 3 rings (SSSR count). The number of fused-ring (bicyclic) bond motifs is 1. The van der Waals surface area contributed by atoms with E-state index in [1.165, 1.54) is 0 Å². The first-order chi connectivity index (χ1) is 9.68. The zero-order valence-electron chi connectivity index (χ0n) is 10.3. The minimum atomic E-state index is -1.00. The second kappa shape index (κ2) is 4.90. The first kappa shape index (κ1) is 12.6. The summed E-state index contributed by atoms with van der Waals surface area (Å²) in [6.45, 7) is 0. The average Bonchev–Trinajstić information content (AvgIpc) is 2.86. The van der Waals surface area contributed by atoms with E-state index in [2.05, 4.69) is 4.98 Å². The van der Waals surface area contributed by atoms with Gasteiger partial charge in [0, 0.05) is 35.2 Å². The van der Waals surface area contributed by atoms with E-state index < -0.39 is 11.0 Å². The average molecular weight is 285 g/mol. The molecule has 0 aliphatic carbocycles. The van der Waals surface area contributed by atoms with Crippen LogP contribution in [0.25, 0.3) is 16.6 Å². The predicted octanol–water partition coefficient (Wildman–Crippen LogP) is 2.95. The Labute approximate surface area is 119 Å². The van der Waals surface area contributed by atoms with Gasteiger partial charge in [-0.1, -0.05) is 12.1 Å². The van der Waals surface area contributed by atoms with Gasteiger partial charge < -0.3 is 4.40 Å². The molecule has 0 saturated heterocycles. The second-order valence-corrected chi connectivity index (χ2v) is 4.59. The smallest absolute Gasteiger partial charge is 0.294 e. The molecule has 0 atom stereocenters. The van der Waals surface area contributed by atoms with Crippen LogP contribution in [0.3, 0.4) is 0 Å². The van der Waals surface area contributed by atoms with E-state index in [-0.39, 0.29) is 5.69 Å². The van der Waals surface area contributed by atoms with Gasteiger partial charge in [-0.2, -0.15) is 0 Å². The van der Waals surface area contributed by atoms with Crippen molar-refractivity contribution in [1.29, 1.82) is 0 Å². The van der Waals surface area contributed by atoms with Crippen molar-refractivity contribution in [2.75, 3.05) is 0 Å². The van der Waals surface area contributed by atoms with Crippen LogP contribution in [0.1, 0.15) is 10.5 Å². The molecule has 3 aromatic rings. The molecule has 0 amide bonds. The molecule has 0 aliphatic rings. The van der Waals surface area contributed by atoms with Crippen LogP contribution in [0.2, 0.25) is 0 Å². The van der Waals surface area contributed by atoms with Crippen LogP contribution in [0, 0.1) is 0 Å². The number of carbonyl (C=O) groups is 2. The van der Waals surface area contributed by atoms with Gasteiger partial charge in [-0.05, 0) is 35.9 Å². The fraction of sp³-hybridized carbons (Fsp3) is 0. The molecule has 5 heteroatoms. The summed E-state index contributed by atoms with van der Waals surface area (Å²) in [6.07, 6.45) is 5.01. The van der Waals surface area contributed by atoms with E-state index >= 15 is 0 Å². The SMILES string of the molecule is O=C(Cl)C(=O)c1c(-c2cccnc2)cc2ccccn12. The molecule has 0 aromatic carbocycles. The predicted molar refractivity (Wildman–Crippen MR) is 75.8 cm³/mol. The van der Waals surface area contributed by atoms with Gasteiger partial charge in [0.1, 0.15) is 5.69 Å². The summed E-state index contributed by atoms with van der Waals surface area (Å²) in [6, 6.07) is 10.9. The van der Waals surface area contributed by atoms with Crippen LogP contribution < -0.4 is 0 Å². The Kier molecular flexibility index (Phi) is 3.08. The zero-order valence-corrected chi connectivity index (χ0v) is 11.0. The third-order valence-electron chi connectivity index (χ3n) is 3.05. The van der Waals surface area contributed by atoms with E-state index in [0.717, 1.165) is 11.1 Å². The summed E-state index contributed by atoms with van der Waals surface area (Å²) in [4.78, 5) is 27.4. The molecule has 4 nitrogen and oxygen atoms in total. The maximum Gasteiger partial charge on any atom is 0.294 e. The fourth-order valence-corrected chi connectivity index (χ4v) is 2.28. The Morgan fingerprint density at radius 2 is 2.00 bits per heavy atom. The summed E-state index contributed by atoms with van der Waals surface area (Å²) < 4.78 is 1.66. The molecule has 20 heavy (non-hydrogen) atoms. The maximum atomic E-state index is 12.1. The Bertz CT molecular complexity index is 809. The molecule has 3 heterocycles. The lowest BCUT2D eigenvalue weighted by atomic mass is 10.1. The molecular formula is C15H9ClN2O2. The minimum absolute atomic E-state index is 0.258. The normalized spacial score (nSPS) is 10.7. The van der Waals surface area contributed by atoms with Crippen LogP contribution >= 0.6 is 11.6 Å². The Balaban J connectivity index is 2.34. The molecule has 0 aliphatic heterocycles. The van der Waals surface area contributed by atoms with Crippen molar-refractivity contribution in [2.24, 2.45) is 0 Å². The third-order valence-corrected chi connectivity index (χ3v) is 3.22. The Morgan fingerprint density at radius 3 is 2.70 bits per heavy atom. The van der Waals surface area contributed by atoms with E-state index in [1.54, 1.807) is 35.1 Å². The van der Waals surface area contributed by atoms with Gasteiger partial charge in [0.2, 0.25) is 0 Å². The fourth-order valence-electron chi connectivity index (χ4n) is 2.19. The van der Waals surface area contributed by atoms with Crippen LogP contribution in [0.4, 0.5) is 0 Å². The van der Waals surface area contributed by atoms with Gasteiger partial charge >= 0.3 is 0 Å². The highest BCUT2D eigenvalue weighted by Crippen LogP contribution is 2.28. The first-order valence-corrected chi connectivity index (χ1v) is 6.31. The summed E-state index contributed by atoms with van der Waals surface area (Å²) in [5.41, 5.74) is 2.47. The highest BCUT2D eigenvalue weighted by Gasteiger charge is 2.23. The summed E-state index contributed by atoms with van der Waals surface area (Å²) in [5.74, 6) is -0.725. The second-order valence-electron chi connectivity index (χ2n) is 4.25. The summed E-state index contributed by atoms with van der Waals surface area (Å²) >= 11 is 5.36. The number of hydrogen-bond acceptors (Lipinski definition) is 3. The van der Waals surface area contributed by atoms with Crippen LogP contribution in [0.5, 0.6) is 0 Å². The van der Waals surface area contributed by atoms with Crippen molar-refractivity contribution in [1.82, 2.24) is 9.38 Å². The number of ketones is 1. The summed E-state index contributed by atoms with van der Waals surface area (Å²) in [5, 5.41) is -1.00. The molecule has 0 fully saturated rings. The molecule has 3 aromatic heterocycles. The maximum absolute atomic E-state index is 12.1. The monoisotopic (exact) mass is 284 g/mol. The number of rotatable bonds is 3. The number of halogens is 1. The standard InChI is InChI=1S/C15H9ClN2O2/c16-15(20)14(19)13-12(10-4-3-6-17-9-10)8-11-5-1-2-7-18(11)13/h1-9H. The number of nitrogens with zero attached hydrogens (tertiary/aromatic N) is 2. The molecule has 0 N–H and O–H groups in total. The largest absolute Gasteiger partial charge is 0.313 e. The molecule has 0 bridgehead atoms. The number of aromatic nitrogens is 2. The lowest BCUT2D eigenvalue weighted by Crippen LogP contribution is -2.11. The molecule has 0 spiro atoms. The number of carbonyl (C=O) groups excluding carboxylic acids is 2. The molecule has 0 radical (unpaired) electrons.